The van der Waals surface area contributed by atoms with Gasteiger partial charge >= 0.3 is 0 Å². The van der Waals surface area contributed by atoms with Crippen LogP contribution in [0.1, 0.15) is 5.69 Å². The van der Waals surface area contributed by atoms with Crippen molar-refractivity contribution in [3.63, 3.8) is 0 Å². The first kappa shape index (κ1) is 9.98. The summed E-state index contributed by atoms with van der Waals surface area (Å²) in [6, 6.07) is 3.63. The molecule has 0 aliphatic carbocycles. The number of ether oxygens (including phenoxy) is 1. The van der Waals surface area contributed by atoms with Crippen LogP contribution < -0.4 is 4.74 Å². The van der Waals surface area contributed by atoms with Gasteiger partial charge in [-0.2, -0.15) is 5.10 Å². The fraction of sp³-hybridized carbons (Fsp3) is 0.200. The van der Waals surface area contributed by atoms with Crippen LogP contribution in [-0.4, -0.2) is 21.9 Å². The summed E-state index contributed by atoms with van der Waals surface area (Å²) in [5.74, 6) is 0.553. The van der Waals surface area contributed by atoms with Gasteiger partial charge < -0.3 is 4.74 Å². The van der Waals surface area contributed by atoms with E-state index < -0.39 is 0 Å². The van der Waals surface area contributed by atoms with Crippen LogP contribution in [0.3, 0.4) is 0 Å². The molecule has 0 saturated heterocycles. The smallest absolute Gasteiger partial charge is 0.215 e. The van der Waals surface area contributed by atoms with Gasteiger partial charge in [-0.25, -0.2) is 9.67 Å². The van der Waals surface area contributed by atoms with Crippen LogP contribution in [0.2, 0.25) is 5.02 Å². The lowest BCUT2D eigenvalue weighted by Gasteiger charge is -2.02. The van der Waals surface area contributed by atoms with E-state index in [-0.39, 0.29) is 0 Å². The van der Waals surface area contributed by atoms with Crippen LogP contribution in [0, 0.1) is 6.92 Å². The summed E-state index contributed by atoms with van der Waals surface area (Å²) in [6.07, 6.45) is 3.42. The zero-order valence-electron chi connectivity index (χ0n) is 8.44. The highest BCUT2D eigenvalue weighted by Gasteiger charge is 2.04. The molecule has 78 valence electrons. The summed E-state index contributed by atoms with van der Waals surface area (Å²) in [4.78, 5) is 4.02. The van der Waals surface area contributed by atoms with Gasteiger partial charge in [-0.05, 0) is 13.0 Å². The number of methoxy groups -OCH3 is 1. The highest BCUT2D eigenvalue weighted by atomic mass is 35.5. The Labute approximate surface area is 92.5 Å². The normalized spacial score (nSPS) is 10.3. The third kappa shape index (κ3) is 1.94. The molecule has 0 amide bonds. The van der Waals surface area contributed by atoms with Crippen molar-refractivity contribution in [1.82, 2.24) is 14.8 Å². The molecule has 2 rings (SSSR count). The van der Waals surface area contributed by atoms with Crippen LogP contribution in [0.5, 0.6) is 5.88 Å². The van der Waals surface area contributed by atoms with Crippen molar-refractivity contribution in [2.24, 2.45) is 0 Å². The molecule has 0 aromatic carbocycles. The molecular formula is C10H10ClN3O. The number of aryl methyl sites for hydroxylation is 1. The summed E-state index contributed by atoms with van der Waals surface area (Å²) in [5, 5.41) is 4.90. The van der Waals surface area contributed by atoms with Gasteiger partial charge in [-0.15, -0.1) is 0 Å². The second-order valence-electron chi connectivity index (χ2n) is 3.06. The molecule has 0 unspecified atom stereocenters. The molecule has 0 aliphatic rings. The Kier molecular flexibility index (Phi) is 2.60. The Hall–Kier alpha value is -1.55. The van der Waals surface area contributed by atoms with Gasteiger partial charge in [0.2, 0.25) is 5.88 Å². The number of hydrogen-bond acceptors (Lipinski definition) is 3. The second kappa shape index (κ2) is 3.90. The van der Waals surface area contributed by atoms with Crippen molar-refractivity contribution in [2.75, 3.05) is 7.11 Å². The summed E-state index contributed by atoms with van der Waals surface area (Å²) in [7, 11) is 1.58. The van der Waals surface area contributed by atoms with Crippen molar-refractivity contribution >= 4 is 11.6 Å². The molecule has 2 heterocycles. The lowest BCUT2D eigenvalue weighted by molar-refractivity contribution is 0.397. The molecule has 5 heteroatoms. The number of halogens is 1. The van der Waals surface area contributed by atoms with Crippen LogP contribution in [0.4, 0.5) is 0 Å². The van der Waals surface area contributed by atoms with Gasteiger partial charge in [-0.3, -0.25) is 0 Å². The van der Waals surface area contributed by atoms with Gasteiger partial charge in [0.25, 0.3) is 0 Å². The van der Waals surface area contributed by atoms with Crippen molar-refractivity contribution < 1.29 is 4.74 Å². The fourth-order valence-corrected chi connectivity index (χ4v) is 1.35. The molecule has 0 atom stereocenters. The van der Waals surface area contributed by atoms with Crippen molar-refractivity contribution in [3.05, 3.63) is 35.2 Å². The minimum Gasteiger partial charge on any atom is -0.481 e. The zero-order chi connectivity index (χ0) is 10.8. The van der Waals surface area contributed by atoms with E-state index in [4.69, 9.17) is 16.3 Å². The highest BCUT2D eigenvalue weighted by Crippen LogP contribution is 2.17. The van der Waals surface area contributed by atoms with Crippen LogP contribution >= 0.6 is 11.6 Å². The molecule has 4 nitrogen and oxygen atoms in total. The van der Waals surface area contributed by atoms with Gasteiger partial charge in [0.05, 0.1) is 23.5 Å². The van der Waals surface area contributed by atoms with Crippen LogP contribution in [-0.2, 0) is 0 Å². The van der Waals surface area contributed by atoms with E-state index in [9.17, 15) is 0 Å². The molecule has 0 N–H and O–H groups in total. The number of aromatic nitrogens is 3. The lowest BCUT2D eigenvalue weighted by atomic mass is 10.4. The monoisotopic (exact) mass is 223 g/mol. The molecule has 0 bridgehead atoms. The predicted octanol–water partition coefficient (Wildman–Crippen LogP) is 2.24. The quantitative estimate of drug-likeness (QED) is 0.784. The molecule has 0 fully saturated rings. The first-order valence-corrected chi connectivity index (χ1v) is 4.80. The first-order valence-electron chi connectivity index (χ1n) is 4.43. The average Bonchev–Trinajstić information content (AvgIpc) is 2.59. The van der Waals surface area contributed by atoms with Gasteiger partial charge in [0, 0.05) is 18.5 Å². The Balaban J connectivity index is 2.44. The first-order chi connectivity index (χ1) is 7.20. The minimum absolute atomic E-state index is 0.553. The minimum atomic E-state index is 0.553. The fourth-order valence-electron chi connectivity index (χ4n) is 1.22. The second-order valence-corrected chi connectivity index (χ2v) is 3.47. The Morgan fingerprint density at radius 2 is 2.27 bits per heavy atom. The molecule has 15 heavy (non-hydrogen) atoms. The van der Waals surface area contributed by atoms with E-state index in [2.05, 4.69) is 10.1 Å². The van der Waals surface area contributed by atoms with E-state index in [0.717, 1.165) is 11.4 Å². The standard InChI is InChI=1S/C10H10ClN3O/c1-7-9(11)6-14(13-7)8-3-4-12-10(5-8)15-2/h3-6H,1-2H3. The van der Waals surface area contributed by atoms with E-state index in [1.165, 1.54) is 0 Å². The van der Waals surface area contributed by atoms with E-state index in [1.807, 2.05) is 13.0 Å². The summed E-state index contributed by atoms with van der Waals surface area (Å²) >= 11 is 5.92. The number of rotatable bonds is 2. The number of pyridine rings is 1. The molecule has 0 radical (unpaired) electrons. The summed E-state index contributed by atoms with van der Waals surface area (Å²) in [6.45, 7) is 1.86. The van der Waals surface area contributed by atoms with Gasteiger partial charge in [0.1, 0.15) is 0 Å². The van der Waals surface area contributed by atoms with Crippen LogP contribution in [0.15, 0.2) is 24.5 Å². The van der Waals surface area contributed by atoms with E-state index >= 15 is 0 Å². The lowest BCUT2D eigenvalue weighted by Crippen LogP contribution is -1.96. The third-order valence-electron chi connectivity index (χ3n) is 2.03. The number of nitrogens with zero attached hydrogens (tertiary/aromatic N) is 3. The highest BCUT2D eigenvalue weighted by molar-refractivity contribution is 6.31. The molecular weight excluding hydrogens is 214 g/mol. The maximum Gasteiger partial charge on any atom is 0.215 e. The molecule has 0 saturated carbocycles. The van der Waals surface area contributed by atoms with E-state index in [1.54, 1.807) is 30.3 Å². The van der Waals surface area contributed by atoms with Crippen molar-refractivity contribution in [2.45, 2.75) is 6.92 Å². The Morgan fingerprint density at radius 1 is 1.47 bits per heavy atom. The summed E-state index contributed by atoms with van der Waals surface area (Å²) in [5.41, 5.74) is 1.67. The molecule has 2 aromatic rings. The number of hydrogen-bond donors (Lipinski definition) is 0. The zero-order valence-corrected chi connectivity index (χ0v) is 9.19. The molecule has 0 spiro atoms. The Bertz CT molecular complexity index is 462. The van der Waals surface area contributed by atoms with Crippen molar-refractivity contribution in [1.29, 1.82) is 0 Å². The molecule has 0 aliphatic heterocycles. The van der Waals surface area contributed by atoms with E-state index in [0.29, 0.717) is 10.9 Å². The average molecular weight is 224 g/mol. The largest absolute Gasteiger partial charge is 0.481 e. The summed E-state index contributed by atoms with van der Waals surface area (Å²) < 4.78 is 6.72. The van der Waals surface area contributed by atoms with Crippen LogP contribution in [0.25, 0.3) is 5.69 Å². The maximum absolute atomic E-state index is 5.92. The van der Waals surface area contributed by atoms with Crippen molar-refractivity contribution in [3.8, 4) is 11.6 Å². The molecule has 2 aromatic heterocycles. The predicted molar refractivity (Wildman–Crippen MR) is 57.7 cm³/mol. The maximum atomic E-state index is 5.92. The Morgan fingerprint density at radius 3 is 2.87 bits per heavy atom. The third-order valence-corrected chi connectivity index (χ3v) is 2.40. The van der Waals surface area contributed by atoms with Gasteiger partial charge in [-0.1, -0.05) is 11.6 Å². The topological polar surface area (TPSA) is 39.9 Å². The SMILES string of the molecule is COc1cc(-n2cc(Cl)c(C)n2)ccn1. The van der Waals surface area contributed by atoms with Gasteiger partial charge in [0.15, 0.2) is 0 Å².